The molecule has 0 saturated heterocycles. The van der Waals surface area contributed by atoms with Crippen molar-refractivity contribution in [3.63, 3.8) is 0 Å². The van der Waals surface area contributed by atoms with E-state index in [2.05, 4.69) is 43.0 Å². The minimum Gasteiger partial charge on any atom is -0.325 e. The molecule has 5 heteroatoms. The van der Waals surface area contributed by atoms with E-state index in [-0.39, 0.29) is 5.54 Å². The van der Waals surface area contributed by atoms with Crippen LogP contribution in [0.1, 0.15) is 32.9 Å². The maximum Gasteiger partial charge on any atom is 0.0962 e. The Balaban J connectivity index is 2.45. The summed E-state index contributed by atoms with van der Waals surface area (Å²) in [5.41, 5.74) is 6.56. The Hall–Kier alpha value is -0.940. The van der Waals surface area contributed by atoms with Crippen LogP contribution in [0.15, 0.2) is 6.20 Å². The summed E-state index contributed by atoms with van der Waals surface area (Å²) in [4.78, 5) is 2.34. The molecule has 1 heterocycles. The molecule has 0 aliphatic heterocycles. The van der Waals surface area contributed by atoms with Crippen molar-refractivity contribution in [2.24, 2.45) is 5.73 Å². The van der Waals surface area contributed by atoms with E-state index in [9.17, 15) is 0 Å². The Morgan fingerprint density at radius 2 is 2.19 bits per heavy atom. The van der Waals surface area contributed by atoms with Crippen LogP contribution in [0.25, 0.3) is 0 Å². The number of hydrogen-bond acceptors (Lipinski definition) is 4. The quantitative estimate of drug-likeness (QED) is 0.780. The largest absolute Gasteiger partial charge is 0.325 e. The second-order valence-corrected chi connectivity index (χ2v) is 4.76. The van der Waals surface area contributed by atoms with Crippen molar-refractivity contribution < 1.29 is 0 Å². The van der Waals surface area contributed by atoms with Crippen molar-refractivity contribution in [3.05, 3.63) is 11.9 Å². The van der Waals surface area contributed by atoms with Gasteiger partial charge in [0.25, 0.3) is 0 Å². The van der Waals surface area contributed by atoms with Crippen molar-refractivity contribution in [2.75, 3.05) is 13.6 Å². The molecule has 2 N–H and O–H groups in total. The molecule has 0 radical (unpaired) electrons. The molecule has 0 aliphatic rings. The smallest absolute Gasteiger partial charge is 0.0962 e. The van der Waals surface area contributed by atoms with E-state index >= 15 is 0 Å². The number of likely N-dealkylation sites (N-methyl/N-ethyl adjacent to an activating group) is 1. The molecule has 92 valence electrons. The predicted octanol–water partition coefficient (Wildman–Crippen LogP) is 0.857. The lowest BCUT2D eigenvalue weighted by Gasteiger charge is -2.34. The SMILES string of the molecule is CCC(C)(C)N(C)CCn1cc(CN)nn1. The van der Waals surface area contributed by atoms with Crippen LogP contribution in [0.2, 0.25) is 0 Å². The van der Waals surface area contributed by atoms with Crippen LogP contribution in [0.3, 0.4) is 0 Å². The van der Waals surface area contributed by atoms with E-state index < -0.39 is 0 Å². The number of rotatable bonds is 6. The van der Waals surface area contributed by atoms with Gasteiger partial charge in [-0.3, -0.25) is 9.58 Å². The van der Waals surface area contributed by atoms with E-state index in [4.69, 9.17) is 5.73 Å². The average Bonchev–Trinajstić information content (AvgIpc) is 2.73. The Bertz CT molecular complexity index is 318. The molecule has 0 spiro atoms. The minimum atomic E-state index is 0.233. The first-order valence-corrected chi connectivity index (χ1v) is 5.80. The summed E-state index contributed by atoms with van der Waals surface area (Å²) in [5, 5.41) is 7.99. The molecule has 1 aromatic rings. The molecule has 1 rings (SSSR count). The molecule has 0 bridgehead atoms. The van der Waals surface area contributed by atoms with Crippen molar-refractivity contribution in [2.45, 2.75) is 45.8 Å². The van der Waals surface area contributed by atoms with Crippen molar-refractivity contribution >= 4 is 0 Å². The van der Waals surface area contributed by atoms with Crippen LogP contribution >= 0.6 is 0 Å². The van der Waals surface area contributed by atoms with Crippen molar-refractivity contribution in [1.29, 1.82) is 0 Å². The van der Waals surface area contributed by atoms with Gasteiger partial charge in [-0.15, -0.1) is 5.10 Å². The van der Waals surface area contributed by atoms with Gasteiger partial charge in [0.1, 0.15) is 0 Å². The van der Waals surface area contributed by atoms with Gasteiger partial charge < -0.3 is 5.73 Å². The highest BCUT2D eigenvalue weighted by Gasteiger charge is 2.20. The first-order chi connectivity index (χ1) is 7.49. The van der Waals surface area contributed by atoms with Crippen molar-refractivity contribution in [3.8, 4) is 0 Å². The van der Waals surface area contributed by atoms with Crippen LogP contribution in [0, 0.1) is 0 Å². The van der Waals surface area contributed by atoms with Crippen molar-refractivity contribution in [1.82, 2.24) is 19.9 Å². The van der Waals surface area contributed by atoms with E-state index in [1.807, 2.05) is 10.9 Å². The van der Waals surface area contributed by atoms with Crippen LogP contribution in [-0.4, -0.2) is 39.0 Å². The molecule has 0 atom stereocenters. The van der Waals surface area contributed by atoms with E-state index in [1.54, 1.807) is 0 Å². The lowest BCUT2D eigenvalue weighted by atomic mass is 10.0. The third-order valence-electron chi connectivity index (χ3n) is 3.36. The predicted molar refractivity (Wildman–Crippen MR) is 64.9 cm³/mol. The first kappa shape index (κ1) is 13.1. The molecule has 0 unspecified atom stereocenters. The molecular weight excluding hydrogens is 202 g/mol. The molecule has 5 nitrogen and oxygen atoms in total. The third kappa shape index (κ3) is 3.28. The molecule has 0 saturated carbocycles. The second kappa shape index (κ2) is 5.41. The van der Waals surface area contributed by atoms with E-state index in [0.29, 0.717) is 6.54 Å². The fourth-order valence-corrected chi connectivity index (χ4v) is 1.37. The average molecular weight is 225 g/mol. The lowest BCUT2D eigenvalue weighted by Crippen LogP contribution is -2.42. The van der Waals surface area contributed by atoms with Gasteiger partial charge >= 0.3 is 0 Å². The molecule has 0 fully saturated rings. The molecular formula is C11H23N5. The summed E-state index contributed by atoms with van der Waals surface area (Å²) in [6, 6.07) is 0. The zero-order valence-corrected chi connectivity index (χ0v) is 10.8. The van der Waals surface area contributed by atoms with E-state index in [1.165, 1.54) is 0 Å². The molecule has 0 aromatic carbocycles. The summed E-state index contributed by atoms with van der Waals surface area (Å²) in [7, 11) is 2.14. The summed E-state index contributed by atoms with van der Waals surface area (Å²) in [6.07, 6.45) is 3.04. The maximum atomic E-state index is 5.48. The molecule has 0 aliphatic carbocycles. The highest BCUT2D eigenvalue weighted by atomic mass is 15.4. The van der Waals surface area contributed by atoms with Crippen LogP contribution < -0.4 is 5.73 Å². The van der Waals surface area contributed by atoms with Gasteiger partial charge in [-0.25, -0.2) is 0 Å². The van der Waals surface area contributed by atoms with Gasteiger partial charge in [-0.1, -0.05) is 12.1 Å². The zero-order chi connectivity index (χ0) is 12.2. The highest BCUT2D eigenvalue weighted by molar-refractivity contribution is 4.90. The molecule has 16 heavy (non-hydrogen) atoms. The highest BCUT2D eigenvalue weighted by Crippen LogP contribution is 2.15. The topological polar surface area (TPSA) is 60.0 Å². The number of nitrogens with zero attached hydrogens (tertiary/aromatic N) is 4. The third-order valence-corrected chi connectivity index (χ3v) is 3.36. The van der Waals surface area contributed by atoms with Gasteiger partial charge in [-0.05, 0) is 27.3 Å². The Labute approximate surface area is 97.6 Å². The van der Waals surface area contributed by atoms with E-state index in [0.717, 1.165) is 25.2 Å². The lowest BCUT2D eigenvalue weighted by molar-refractivity contribution is 0.144. The Morgan fingerprint density at radius 3 is 2.69 bits per heavy atom. The normalized spacial score (nSPS) is 12.4. The Kier molecular flexibility index (Phi) is 4.44. The summed E-state index contributed by atoms with van der Waals surface area (Å²) in [6.45, 7) is 8.98. The number of hydrogen-bond donors (Lipinski definition) is 1. The van der Waals surface area contributed by atoms with Crippen LogP contribution in [-0.2, 0) is 13.1 Å². The summed E-state index contributed by atoms with van der Waals surface area (Å²) < 4.78 is 1.85. The fraction of sp³-hybridized carbons (Fsp3) is 0.818. The second-order valence-electron chi connectivity index (χ2n) is 4.76. The number of nitrogens with two attached hydrogens (primary N) is 1. The Morgan fingerprint density at radius 1 is 1.50 bits per heavy atom. The summed E-state index contributed by atoms with van der Waals surface area (Å²) in [5.74, 6) is 0. The van der Waals surface area contributed by atoms with Gasteiger partial charge in [-0.2, -0.15) is 0 Å². The molecule has 0 amide bonds. The summed E-state index contributed by atoms with van der Waals surface area (Å²) >= 11 is 0. The standard InChI is InChI=1S/C11H23N5/c1-5-11(2,3)15(4)6-7-16-9-10(8-12)13-14-16/h9H,5-8,12H2,1-4H3. The van der Waals surface area contributed by atoms with Crippen LogP contribution in [0.4, 0.5) is 0 Å². The fourth-order valence-electron chi connectivity index (χ4n) is 1.37. The number of aromatic nitrogens is 3. The minimum absolute atomic E-state index is 0.233. The monoisotopic (exact) mass is 225 g/mol. The van der Waals surface area contributed by atoms with Gasteiger partial charge in [0.05, 0.1) is 12.2 Å². The first-order valence-electron chi connectivity index (χ1n) is 5.80. The maximum absolute atomic E-state index is 5.48. The van der Waals surface area contributed by atoms with Gasteiger partial charge in [0.2, 0.25) is 0 Å². The zero-order valence-electron chi connectivity index (χ0n) is 10.8. The van der Waals surface area contributed by atoms with Gasteiger partial charge in [0.15, 0.2) is 0 Å². The molecule has 1 aromatic heterocycles. The van der Waals surface area contributed by atoms with Gasteiger partial charge in [0, 0.05) is 24.8 Å². The van der Waals surface area contributed by atoms with Crippen LogP contribution in [0.5, 0.6) is 0 Å².